The number of halogens is 1. The Labute approximate surface area is 121 Å². The highest BCUT2D eigenvalue weighted by atomic mass is 35.5. The van der Waals surface area contributed by atoms with E-state index in [4.69, 9.17) is 11.6 Å². The summed E-state index contributed by atoms with van der Waals surface area (Å²) in [5.41, 5.74) is 1.55. The van der Waals surface area contributed by atoms with Crippen LogP contribution in [0.15, 0.2) is 24.3 Å². The first-order valence-corrected chi connectivity index (χ1v) is 7.05. The molecule has 1 unspecified atom stereocenters. The summed E-state index contributed by atoms with van der Waals surface area (Å²) in [6.45, 7) is 12.2. The molecule has 1 amide bonds. The Bertz CT molecular complexity index is 441. The summed E-state index contributed by atoms with van der Waals surface area (Å²) in [6, 6.07) is 7.74. The maximum Gasteiger partial charge on any atom is 0.251 e. The second-order valence-electron chi connectivity index (χ2n) is 6.62. The molecule has 0 aliphatic rings. The van der Waals surface area contributed by atoms with E-state index in [2.05, 4.69) is 26.1 Å². The van der Waals surface area contributed by atoms with Gasteiger partial charge in [0.25, 0.3) is 5.91 Å². The summed E-state index contributed by atoms with van der Waals surface area (Å²) in [5.74, 6) is -0.0852. The molecule has 0 fully saturated rings. The molecule has 0 radical (unpaired) electrons. The quantitative estimate of drug-likeness (QED) is 0.830. The van der Waals surface area contributed by atoms with Crippen LogP contribution in [0.5, 0.6) is 0 Å². The van der Waals surface area contributed by atoms with E-state index in [1.165, 1.54) is 5.56 Å². The molecular weight excluding hydrogens is 258 g/mol. The molecule has 2 nitrogen and oxygen atoms in total. The molecule has 1 aromatic carbocycles. The lowest BCUT2D eigenvalue weighted by atomic mass is 9.86. The van der Waals surface area contributed by atoms with Gasteiger partial charge in [-0.05, 0) is 43.9 Å². The van der Waals surface area contributed by atoms with Crippen LogP contribution in [0.3, 0.4) is 0 Å². The number of carbonyl (C=O) groups is 1. The number of amides is 1. The molecule has 0 saturated carbocycles. The predicted octanol–water partition coefficient (Wildman–Crippen LogP) is 4.12. The van der Waals surface area contributed by atoms with Crippen LogP contribution in [0.1, 0.15) is 57.5 Å². The van der Waals surface area contributed by atoms with Gasteiger partial charge in [0.2, 0.25) is 0 Å². The van der Waals surface area contributed by atoms with E-state index in [1.54, 1.807) is 0 Å². The Balaban J connectivity index is 2.85. The molecule has 0 heterocycles. The molecule has 0 bridgehead atoms. The standard InChI is InChI=1S/C16H24ClNO/c1-11(17)16(5,6)18-14(19)12-7-9-13(10-8-12)15(2,3)4/h7-11H,1-6H3,(H,18,19). The van der Waals surface area contributed by atoms with Crippen molar-refractivity contribution in [3.8, 4) is 0 Å². The molecule has 0 aromatic heterocycles. The summed E-state index contributed by atoms with van der Waals surface area (Å²) in [7, 11) is 0. The lowest BCUT2D eigenvalue weighted by Gasteiger charge is -2.29. The summed E-state index contributed by atoms with van der Waals surface area (Å²) < 4.78 is 0. The van der Waals surface area contributed by atoms with Crippen molar-refractivity contribution in [1.82, 2.24) is 5.32 Å². The van der Waals surface area contributed by atoms with Crippen LogP contribution >= 0.6 is 11.6 Å². The van der Waals surface area contributed by atoms with Crippen molar-refractivity contribution in [2.24, 2.45) is 0 Å². The van der Waals surface area contributed by atoms with Crippen molar-refractivity contribution in [1.29, 1.82) is 0 Å². The second kappa shape index (κ2) is 5.54. The third kappa shape index (κ3) is 4.24. The fourth-order valence-electron chi connectivity index (χ4n) is 1.59. The van der Waals surface area contributed by atoms with Crippen molar-refractivity contribution < 1.29 is 4.79 Å². The lowest BCUT2D eigenvalue weighted by Crippen LogP contribution is -2.49. The zero-order chi connectivity index (χ0) is 14.8. The van der Waals surface area contributed by atoms with Crippen LogP contribution < -0.4 is 5.32 Å². The summed E-state index contributed by atoms with van der Waals surface area (Å²) >= 11 is 6.07. The van der Waals surface area contributed by atoms with Crippen molar-refractivity contribution in [2.45, 2.75) is 57.9 Å². The highest BCUT2D eigenvalue weighted by Gasteiger charge is 2.26. The van der Waals surface area contributed by atoms with Gasteiger partial charge >= 0.3 is 0 Å². The van der Waals surface area contributed by atoms with Crippen molar-refractivity contribution >= 4 is 17.5 Å². The van der Waals surface area contributed by atoms with E-state index < -0.39 is 5.54 Å². The number of nitrogens with one attached hydrogen (secondary N) is 1. The molecule has 0 saturated heterocycles. The van der Waals surface area contributed by atoms with Crippen molar-refractivity contribution in [2.75, 3.05) is 0 Å². The fraction of sp³-hybridized carbons (Fsp3) is 0.562. The van der Waals surface area contributed by atoms with Crippen LogP contribution in [-0.2, 0) is 5.41 Å². The van der Waals surface area contributed by atoms with Gasteiger partial charge in [0, 0.05) is 5.56 Å². The molecular formula is C16H24ClNO. The normalized spacial score (nSPS) is 14.1. The van der Waals surface area contributed by atoms with Crippen LogP contribution in [0.25, 0.3) is 0 Å². The molecule has 19 heavy (non-hydrogen) atoms. The Morgan fingerprint density at radius 2 is 1.58 bits per heavy atom. The molecule has 1 rings (SSSR count). The van der Waals surface area contributed by atoms with Gasteiger partial charge in [0.1, 0.15) is 0 Å². The van der Waals surface area contributed by atoms with E-state index >= 15 is 0 Å². The SMILES string of the molecule is CC(Cl)C(C)(C)NC(=O)c1ccc(C(C)(C)C)cc1. The van der Waals surface area contributed by atoms with E-state index in [-0.39, 0.29) is 16.7 Å². The number of hydrogen-bond acceptors (Lipinski definition) is 1. The average molecular weight is 282 g/mol. The van der Waals surface area contributed by atoms with Crippen molar-refractivity contribution in [3.05, 3.63) is 35.4 Å². The van der Waals surface area contributed by atoms with Gasteiger partial charge in [-0.25, -0.2) is 0 Å². The number of benzene rings is 1. The Morgan fingerprint density at radius 3 is 1.95 bits per heavy atom. The maximum atomic E-state index is 12.2. The molecule has 3 heteroatoms. The Morgan fingerprint density at radius 1 is 1.11 bits per heavy atom. The molecule has 106 valence electrons. The highest BCUT2D eigenvalue weighted by Crippen LogP contribution is 2.22. The summed E-state index contributed by atoms with van der Waals surface area (Å²) in [6.07, 6.45) is 0. The fourth-order valence-corrected chi connectivity index (χ4v) is 1.64. The van der Waals surface area contributed by atoms with Gasteiger partial charge < -0.3 is 5.32 Å². The topological polar surface area (TPSA) is 29.1 Å². The lowest BCUT2D eigenvalue weighted by molar-refractivity contribution is 0.0912. The minimum absolute atomic E-state index is 0.0852. The molecule has 1 N–H and O–H groups in total. The minimum Gasteiger partial charge on any atom is -0.346 e. The Kier molecular flexibility index (Phi) is 4.67. The second-order valence-corrected chi connectivity index (χ2v) is 7.27. The van der Waals surface area contributed by atoms with Gasteiger partial charge in [-0.2, -0.15) is 0 Å². The third-order valence-electron chi connectivity index (χ3n) is 3.44. The van der Waals surface area contributed by atoms with Gasteiger partial charge in [-0.15, -0.1) is 11.6 Å². The first-order valence-electron chi connectivity index (χ1n) is 6.61. The zero-order valence-electron chi connectivity index (χ0n) is 12.7. The Hall–Kier alpha value is -1.02. The van der Waals surface area contributed by atoms with Crippen molar-refractivity contribution in [3.63, 3.8) is 0 Å². The smallest absolute Gasteiger partial charge is 0.251 e. The van der Waals surface area contributed by atoms with E-state index in [0.29, 0.717) is 5.56 Å². The number of alkyl halides is 1. The number of hydrogen-bond donors (Lipinski definition) is 1. The van der Waals surface area contributed by atoms with E-state index in [0.717, 1.165) is 0 Å². The average Bonchev–Trinajstić information content (AvgIpc) is 2.27. The predicted molar refractivity (Wildman–Crippen MR) is 82.0 cm³/mol. The number of carbonyl (C=O) groups excluding carboxylic acids is 1. The monoisotopic (exact) mass is 281 g/mol. The molecule has 1 aromatic rings. The van der Waals surface area contributed by atoms with Gasteiger partial charge in [-0.1, -0.05) is 32.9 Å². The largest absolute Gasteiger partial charge is 0.346 e. The molecule has 1 atom stereocenters. The van der Waals surface area contributed by atoms with Crippen LogP contribution in [-0.4, -0.2) is 16.8 Å². The van der Waals surface area contributed by atoms with Crippen LogP contribution in [0.4, 0.5) is 0 Å². The van der Waals surface area contributed by atoms with Gasteiger partial charge in [-0.3, -0.25) is 4.79 Å². The maximum absolute atomic E-state index is 12.2. The summed E-state index contributed by atoms with van der Waals surface area (Å²) in [4.78, 5) is 12.2. The first-order chi connectivity index (χ1) is 8.54. The van der Waals surface area contributed by atoms with E-state index in [9.17, 15) is 4.79 Å². The van der Waals surface area contributed by atoms with E-state index in [1.807, 2.05) is 45.0 Å². The number of rotatable bonds is 3. The minimum atomic E-state index is -0.429. The van der Waals surface area contributed by atoms with Gasteiger partial charge in [0.15, 0.2) is 0 Å². The third-order valence-corrected chi connectivity index (χ3v) is 3.99. The zero-order valence-corrected chi connectivity index (χ0v) is 13.4. The van der Waals surface area contributed by atoms with Gasteiger partial charge in [0.05, 0.1) is 10.9 Å². The molecule has 0 spiro atoms. The van der Waals surface area contributed by atoms with Crippen LogP contribution in [0.2, 0.25) is 0 Å². The van der Waals surface area contributed by atoms with Crippen LogP contribution in [0, 0.1) is 0 Å². The first kappa shape index (κ1) is 16.0. The molecule has 0 aliphatic heterocycles. The molecule has 0 aliphatic carbocycles. The summed E-state index contributed by atoms with van der Waals surface area (Å²) in [5, 5.41) is 2.83. The highest BCUT2D eigenvalue weighted by molar-refractivity contribution is 6.21.